The van der Waals surface area contributed by atoms with E-state index in [1.807, 2.05) is 0 Å². The van der Waals surface area contributed by atoms with E-state index in [2.05, 4.69) is 15.9 Å². The quantitative estimate of drug-likeness (QED) is 0.700. The van der Waals surface area contributed by atoms with E-state index in [1.54, 1.807) is 13.0 Å². The first-order chi connectivity index (χ1) is 5.52. The lowest BCUT2D eigenvalue weighted by atomic mass is 10.1. The molecule has 4 heteroatoms. The normalized spacial score (nSPS) is 10.8. The van der Waals surface area contributed by atoms with E-state index >= 15 is 0 Å². The summed E-state index contributed by atoms with van der Waals surface area (Å²) >= 11 is 8.73. The average molecular weight is 255 g/mol. The zero-order chi connectivity index (χ0) is 9.30. The van der Waals surface area contributed by atoms with Crippen molar-refractivity contribution in [2.75, 3.05) is 0 Å². The van der Waals surface area contributed by atoms with Gasteiger partial charge >= 0.3 is 0 Å². The Kier molecular flexibility index (Phi) is 3.07. The fourth-order valence-corrected chi connectivity index (χ4v) is 1.69. The second-order valence-corrected chi connectivity index (χ2v) is 3.68. The topological polar surface area (TPSA) is 0 Å². The van der Waals surface area contributed by atoms with Crippen molar-refractivity contribution >= 4 is 27.5 Å². The monoisotopic (exact) mass is 254 g/mol. The first-order valence-corrected chi connectivity index (χ1v) is 4.43. The Bertz CT molecular complexity index is 299. The van der Waals surface area contributed by atoms with Crippen LogP contribution in [0.5, 0.6) is 0 Å². The van der Waals surface area contributed by atoms with E-state index in [0.29, 0.717) is 4.47 Å². The van der Waals surface area contributed by atoms with Crippen LogP contribution in [0.1, 0.15) is 17.6 Å². The minimum absolute atomic E-state index is 0.0931. The Morgan fingerprint density at radius 1 is 1.42 bits per heavy atom. The van der Waals surface area contributed by atoms with Crippen LogP contribution in [-0.2, 0) is 0 Å². The van der Waals surface area contributed by atoms with Gasteiger partial charge in [-0.3, -0.25) is 0 Å². The average Bonchev–Trinajstić information content (AvgIpc) is 1.96. The first-order valence-electron chi connectivity index (χ1n) is 3.26. The number of alkyl halides is 2. The highest BCUT2D eigenvalue weighted by Crippen LogP contribution is 2.33. The summed E-state index contributed by atoms with van der Waals surface area (Å²) in [4.78, 5) is 0. The lowest BCUT2D eigenvalue weighted by Crippen LogP contribution is -1.88. The van der Waals surface area contributed by atoms with Crippen LogP contribution in [0.4, 0.5) is 8.78 Å². The summed E-state index contributed by atoms with van der Waals surface area (Å²) in [6, 6.07) is 3.09. The smallest absolute Gasteiger partial charge is 0.205 e. The Morgan fingerprint density at radius 2 is 2.00 bits per heavy atom. The van der Waals surface area contributed by atoms with Crippen LogP contribution >= 0.6 is 27.5 Å². The Balaban J connectivity index is 3.28. The van der Waals surface area contributed by atoms with Crippen LogP contribution in [0.2, 0.25) is 5.02 Å². The molecule has 0 saturated carbocycles. The standard InChI is InChI=1S/C8H6BrClF2/c1-4-2-5(8(11)12)7(10)6(9)3-4/h2-3,8H,1H3. The van der Waals surface area contributed by atoms with Gasteiger partial charge in [-0.1, -0.05) is 11.6 Å². The number of hydrogen-bond donors (Lipinski definition) is 0. The summed E-state index contributed by atoms with van der Waals surface area (Å²) < 4.78 is 25.1. The maximum absolute atomic E-state index is 12.3. The van der Waals surface area contributed by atoms with Crippen LogP contribution in [0.25, 0.3) is 0 Å². The van der Waals surface area contributed by atoms with Gasteiger partial charge in [-0.25, -0.2) is 8.78 Å². The molecule has 0 aliphatic heterocycles. The fourth-order valence-electron chi connectivity index (χ4n) is 0.910. The predicted octanol–water partition coefficient (Wildman–Crippen LogP) is 4.35. The second kappa shape index (κ2) is 3.71. The summed E-state index contributed by atoms with van der Waals surface area (Å²) in [5.41, 5.74) is 0.644. The molecule has 0 saturated heterocycles. The Labute approximate surface area is 82.7 Å². The van der Waals surface area contributed by atoms with Gasteiger partial charge in [-0.2, -0.15) is 0 Å². The van der Waals surface area contributed by atoms with Crippen LogP contribution in [0, 0.1) is 6.92 Å². The van der Waals surface area contributed by atoms with Crippen molar-refractivity contribution in [3.05, 3.63) is 32.8 Å². The number of rotatable bonds is 1. The molecule has 1 aromatic rings. The van der Waals surface area contributed by atoms with Gasteiger partial charge in [-0.05, 0) is 40.5 Å². The van der Waals surface area contributed by atoms with Crippen LogP contribution in [0.15, 0.2) is 16.6 Å². The first kappa shape index (κ1) is 9.93. The summed E-state index contributed by atoms with van der Waals surface area (Å²) in [6.07, 6.45) is -2.52. The van der Waals surface area contributed by atoms with Crippen molar-refractivity contribution in [2.24, 2.45) is 0 Å². The van der Waals surface area contributed by atoms with E-state index in [1.165, 1.54) is 6.07 Å². The minimum Gasteiger partial charge on any atom is -0.205 e. The summed E-state index contributed by atoms with van der Waals surface area (Å²) in [6.45, 7) is 1.74. The van der Waals surface area contributed by atoms with E-state index in [-0.39, 0.29) is 10.6 Å². The maximum atomic E-state index is 12.3. The number of hydrogen-bond acceptors (Lipinski definition) is 0. The van der Waals surface area contributed by atoms with Gasteiger partial charge < -0.3 is 0 Å². The molecule has 0 fully saturated rings. The second-order valence-electron chi connectivity index (χ2n) is 2.45. The molecule has 0 atom stereocenters. The molecule has 0 amide bonds. The molecule has 0 bridgehead atoms. The molecule has 66 valence electrons. The molecular formula is C8H6BrClF2. The molecule has 0 aliphatic carbocycles. The van der Waals surface area contributed by atoms with Crippen molar-refractivity contribution in [1.29, 1.82) is 0 Å². The Hall–Kier alpha value is -0.150. The highest BCUT2D eigenvalue weighted by Gasteiger charge is 2.14. The molecule has 0 aromatic heterocycles. The maximum Gasteiger partial charge on any atom is 0.265 e. The van der Waals surface area contributed by atoms with E-state index in [4.69, 9.17) is 11.6 Å². The SMILES string of the molecule is Cc1cc(Br)c(Cl)c(C(F)F)c1. The molecular weight excluding hydrogens is 249 g/mol. The summed E-state index contributed by atoms with van der Waals surface area (Å²) in [5.74, 6) is 0. The Morgan fingerprint density at radius 3 is 2.50 bits per heavy atom. The van der Waals surface area contributed by atoms with Gasteiger partial charge in [-0.15, -0.1) is 0 Å². The third-order valence-corrected chi connectivity index (χ3v) is 2.71. The lowest BCUT2D eigenvalue weighted by Gasteiger charge is -2.05. The molecule has 0 unspecified atom stereocenters. The van der Waals surface area contributed by atoms with E-state index < -0.39 is 6.43 Å². The largest absolute Gasteiger partial charge is 0.265 e. The molecule has 1 aromatic carbocycles. The van der Waals surface area contributed by atoms with Gasteiger partial charge in [0.25, 0.3) is 6.43 Å². The molecule has 12 heavy (non-hydrogen) atoms. The van der Waals surface area contributed by atoms with E-state index in [0.717, 1.165) is 5.56 Å². The highest BCUT2D eigenvalue weighted by atomic mass is 79.9. The van der Waals surface area contributed by atoms with E-state index in [9.17, 15) is 8.78 Å². The van der Waals surface area contributed by atoms with Gasteiger partial charge in [0.2, 0.25) is 0 Å². The minimum atomic E-state index is -2.52. The van der Waals surface area contributed by atoms with Crippen LogP contribution < -0.4 is 0 Å². The molecule has 0 spiro atoms. The number of halogens is 4. The molecule has 1 rings (SSSR count). The molecule has 0 nitrogen and oxygen atoms in total. The summed E-state index contributed by atoms with van der Waals surface area (Å²) in [7, 11) is 0. The lowest BCUT2D eigenvalue weighted by molar-refractivity contribution is 0.151. The van der Waals surface area contributed by atoms with Crippen molar-refractivity contribution < 1.29 is 8.78 Å². The molecule has 0 radical (unpaired) electrons. The predicted molar refractivity (Wildman–Crippen MR) is 48.8 cm³/mol. The number of aryl methyl sites for hydroxylation is 1. The van der Waals surface area contributed by atoms with Crippen LogP contribution in [0.3, 0.4) is 0 Å². The fraction of sp³-hybridized carbons (Fsp3) is 0.250. The van der Waals surface area contributed by atoms with Gasteiger partial charge in [0, 0.05) is 10.0 Å². The molecule has 0 N–H and O–H groups in total. The van der Waals surface area contributed by atoms with Gasteiger partial charge in [0.15, 0.2) is 0 Å². The number of benzene rings is 1. The zero-order valence-electron chi connectivity index (χ0n) is 6.24. The van der Waals surface area contributed by atoms with Crippen molar-refractivity contribution in [3.63, 3.8) is 0 Å². The van der Waals surface area contributed by atoms with Crippen molar-refractivity contribution in [1.82, 2.24) is 0 Å². The van der Waals surface area contributed by atoms with Crippen LogP contribution in [-0.4, -0.2) is 0 Å². The third-order valence-electron chi connectivity index (χ3n) is 1.44. The molecule has 0 heterocycles. The summed E-state index contributed by atoms with van der Waals surface area (Å²) in [5, 5.41) is 0.0931. The zero-order valence-corrected chi connectivity index (χ0v) is 8.59. The third kappa shape index (κ3) is 1.96. The van der Waals surface area contributed by atoms with Crippen molar-refractivity contribution in [2.45, 2.75) is 13.3 Å². The highest BCUT2D eigenvalue weighted by molar-refractivity contribution is 9.10. The van der Waals surface area contributed by atoms with Gasteiger partial charge in [0.1, 0.15) is 0 Å². The van der Waals surface area contributed by atoms with Crippen molar-refractivity contribution in [3.8, 4) is 0 Å². The van der Waals surface area contributed by atoms with Gasteiger partial charge in [0.05, 0.1) is 5.02 Å². The molecule has 0 aliphatic rings.